The van der Waals surface area contributed by atoms with Gasteiger partial charge >= 0.3 is 5.97 Å². The van der Waals surface area contributed by atoms with E-state index in [2.05, 4.69) is 0 Å². The van der Waals surface area contributed by atoms with Crippen molar-refractivity contribution in [1.29, 1.82) is 0 Å². The summed E-state index contributed by atoms with van der Waals surface area (Å²) >= 11 is 0. The molecule has 15 heavy (non-hydrogen) atoms. The van der Waals surface area contributed by atoms with Crippen LogP contribution in [0.25, 0.3) is 0 Å². The summed E-state index contributed by atoms with van der Waals surface area (Å²) in [5.74, 6) is 0.195. The highest BCUT2D eigenvalue weighted by Crippen LogP contribution is 2.23. The van der Waals surface area contributed by atoms with Gasteiger partial charge in [-0.25, -0.2) is 4.79 Å². The molecule has 3 nitrogen and oxygen atoms in total. The average molecular weight is 207 g/mol. The summed E-state index contributed by atoms with van der Waals surface area (Å²) < 4.78 is 5.28. The lowest BCUT2D eigenvalue weighted by molar-refractivity contribution is -0.139. The zero-order chi connectivity index (χ0) is 11.6. The van der Waals surface area contributed by atoms with Gasteiger partial charge in [-0.3, -0.25) is 0 Å². The normalized spacial score (nSPS) is 11.3. The van der Waals surface area contributed by atoms with E-state index in [1.54, 1.807) is 13.8 Å². The number of hydrogen-bond donors (Lipinski definition) is 1. The largest absolute Gasteiger partial charge is 0.425 e. The first-order valence-electron chi connectivity index (χ1n) is 4.90. The van der Waals surface area contributed by atoms with Crippen LogP contribution in [0.5, 0.6) is 5.75 Å². The molecule has 0 aliphatic heterocycles. The molecule has 1 aromatic carbocycles. The van der Waals surface area contributed by atoms with Gasteiger partial charge in [0.15, 0.2) is 0 Å². The maximum absolute atomic E-state index is 11.6. The second-order valence-corrected chi connectivity index (χ2v) is 4.33. The quantitative estimate of drug-likeness (QED) is 0.595. The molecule has 0 spiro atoms. The standard InChI is InChI=1S/C12H17NO2/c1-8-6-5-7-9(2)10(8)15-11(14)12(3,4)13/h5-7H,13H2,1-4H3. The molecule has 0 aliphatic carbocycles. The Morgan fingerprint density at radius 2 is 1.73 bits per heavy atom. The van der Waals surface area contributed by atoms with Crippen molar-refractivity contribution < 1.29 is 9.53 Å². The second kappa shape index (κ2) is 4.03. The molecule has 0 unspecified atom stereocenters. The molecule has 0 saturated carbocycles. The predicted molar refractivity (Wildman–Crippen MR) is 59.8 cm³/mol. The van der Waals surface area contributed by atoms with Gasteiger partial charge in [-0.05, 0) is 38.8 Å². The second-order valence-electron chi connectivity index (χ2n) is 4.33. The van der Waals surface area contributed by atoms with Crippen LogP contribution in [0.15, 0.2) is 18.2 Å². The van der Waals surface area contributed by atoms with E-state index in [0.29, 0.717) is 5.75 Å². The molecule has 0 fully saturated rings. The van der Waals surface area contributed by atoms with E-state index < -0.39 is 11.5 Å². The number of esters is 1. The number of nitrogens with two attached hydrogens (primary N) is 1. The molecule has 0 saturated heterocycles. The van der Waals surface area contributed by atoms with Gasteiger partial charge in [0.05, 0.1) is 0 Å². The van der Waals surface area contributed by atoms with E-state index in [1.807, 2.05) is 32.0 Å². The van der Waals surface area contributed by atoms with Crippen molar-refractivity contribution in [2.24, 2.45) is 5.73 Å². The fraction of sp³-hybridized carbons (Fsp3) is 0.417. The minimum Gasteiger partial charge on any atom is -0.425 e. The molecule has 0 heterocycles. The minimum absolute atomic E-state index is 0.417. The first-order chi connectivity index (χ1) is 6.82. The van der Waals surface area contributed by atoms with Crippen LogP contribution in [-0.4, -0.2) is 11.5 Å². The molecular formula is C12H17NO2. The molecule has 0 radical (unpaired) electrons. The summed E-state index contributed by atoms with van der Waals surface area (Å²) in [6, 6.07) is 5.73. The highest BCUT2D eigenvalue weighted by molar-refractivity contribution is 5.82. The Balaban J connectivity index is 2.95. The molecule has 0 aromatic heterocycles. The summed E-state index contributed by atoms with van der Waals surface area (Å²) in [6.45, 7) is 7.06. The number of rotatable bonds is 2. The third-order valence-corrected chi connectivity index (χ3v) is 2.13. The van der Waals surface area contributed by atoms with Gasteiger partial charge in [-0.2, -0.15) is 0 Å². The van der Waals surface area contributed by atoms with Crippen LogP contribution in [0.3, 0.4) is 0 Å². The summed E-state index contributed by atoms with van der Waals surface area (Å²) in [7, 11) is 0. The van der Waals surface area contributed by atoms with Gasteiger partial charge in [-0.15, -0.1) is 0 Å². The molecule has 0 atom stereocenters. The Morgan fingerprint density at radius 3 is 2.13 bits per heavy atom. The van der Waals surface area contributed by atoms with Crippen molar-refractivity contribution in [3.8, 4) is 5.75 Å². The first kappa shape index (κ1) is 11.7. The summed E-state index contributed by atoms with van der Waals surface area (Å²) in [4.78, 5) is 11.6. The number of hydrogen-bond acceptors (Lipinski definition) is 3. The fourth-order valence-corrected chi connectivity index (χ4v) is 1.18. The Morgan fingerprint density at radius 1 is 1.27 bits per heavy atom. The third kappa shape index (κ3) is 2.80. The van der Waals surface area contributed by atoms with Crippen LogP contribution in [0, 0.1) is 13.8 Å². The van der Waals surface area contributed by atoms with E-state index >= 15 is 0 Å². The maximum atomic E-state index is 11.6. The van der Waals surface area contributed by atoms with E-state index in [-0.39, 0.29) is 0 Å². The van der Waals surface area contributed by atoms with Gasteiger partial charge < -0.3 is 10.5 Å². The number of carbonyl (C=O) groups is 1. The van der Waals surface area contributed by atoms with Crippen LogP contribution in [-0.2, 0) is 4.79 Å². The highest BCUT2D eigenvalue weighted by Gasteiger charge is 2.25. The van der Waals surface area contributed by atoms with Gasteiger partial charge in [0.25, 0.3) is 0 Å². The van der Waals surface area contributed by atoms with Gasteiger partial charge in [0, 0.05) is 0 Å². The number of para-hydroxylation sites is 1. The van der Waals surface area contributed by atoms with Gasteiger partial charge in [0.1, 0.15) is 11.3 Å². The third-order valence-electron chi connectivity index (χ3n) is 2.13. The number of ether oxygens (including phenoxy) is 1. The van der Waals surface area contributed by atoms with Crippen molar-refractivity contribution in [1.82, 2.24) is 0 Å². The molecule has 3 heteroatoms. The minimum atomic E-state index is -0.964. The topological polar surface area (TPSA) is 52.3 Å². The number of aryl methyl sites for hydroxylation is 2. The predicted octanol–water partition coefficient (Wildman–Crippen LogP) is 1.95. The molecular weight excluding hydrogens is 190 g/mol. The Bertz CT molecular complexity index is 357. The molecule has 82 valence electrons. The lowest BCUT2D eigenvalue weighted by Crippen LogP contribution is -2.44. The van der Waals surface area contributed by atoms with Crippen LogP contribution < -0.4 is 10.5 Å². The Labute approximate surface area is 90.2 Å². The van der Waals surface area contributed by atoms with E-state index in [9.17, 15) is 4.79 Å². The van der Waals surface area contributed by atoms with Crippen LogP contribution in [0.2, 0.25) is 0 Å². The van der Waals surface area contributed by atoms with Crippen molar-refractivity contribution in [2.75, 3.05) is 0 Å². The summed E-state index contributed by atoms with van der Waals surface area (Å²) in [6.07, 6.45) is 0. The van der Waals surface area contributed by atoms with Crippen LogP contribution >= 0.6 is 0 Å². The number of carbonyl (C=O) groups excluding carboxylic acids is 1. The van der Waals surface area contributed by atoms with Gasteiger partial charge in [-0.1, -0.05) is 18.2 Å². The molecule has 1 aromatic rings. The van der Waals surface area contributed by atoms with E-state index in [1.165, 1.54) is 0 Å². The average Bonchev–Trinajstić information content (AvgIpc) is 2.09. The Kier molecular flexibility index (Phi) is 3.15. The van der Waals surface area contributed by atoms with Crippen LogP contribution in [0.4, 0.5) is 0 Å². The molecule has 0 bridgehead atoms. The molecule has 0 amide bonds. The fourth-order valence-electron chi connectivity index (χ4n) is 1.18. The first-order valence-corrected chi connectivity index (χ1v) is 4.90. The monoisotopic (exact) mass is 207 g/mol. The summed E-state index contributed by atoms with van der Waals surface area (Å²) in [5, 5.41) is 0. The molecule has 2 N–H and O–H groups in total. The lowest BCUT2D eigenvalue weighted by Gasteiger charge is -2.18. The maximum Gasteiger partial charge on any atom is 0.330 e. The smallest absolute Gasteiger partial charge is 0.330 e. The van der Waals surface area contributed by atoms with E-state index in [4.69, 9.17) is 10.5 Å². The zero-order valence-electron chi connectivity index (χ0n) is 9.63. The van der Waals surface area contributed by atoms with Gasteiger partial charge in [0.2, 0.25) is 0 Å². The number of benzene rings is 1. The van der Waals surface area contributed by atoms with Crippen molar-refractivity contribution in [2.45, 2.75) is 33.2 Å². The summed E-state index contributed by atoms with van der Waals surface area (Å²) in [5.41, 5.74) is 6.56. The van der Waals surface area contributed by atoms with Crippen molar-refractivity contribution >= 4 is 5.97 Å². The SMILES string of the molecule is Cc1cccc(C)c1OC(=O)C(C)(C)N. The van der Waals surface area contributed by atoms with Crippen LogP contribution in [0.1, 0.15) is 25.0 Å². The van der Waals surface area contributed by atoms with Crippen molar-refractivity contribution in [3.05, 3.63) is 29.3 Å². The van der Waals surface area contributed by atoms with E-state index in [0.717, 1.165) is 11.1 Å². The van der Waals surface area contributed by atoms with Crippen molar-refractivity contribution in [3.63, 3.8) is 0 Å². The lowest BCUT2D eigenvalue weighted by atomic mass is 10.1. The molecule has 1 rings (SSSR count). The highest BCUT2D eigenvalue weighted by atomic mass is 16.5. The molecule has 0 aliphatic rings. The zero-order valence-corrected chi connectivity index (χ0v) is 9.63. The Hall–Kier alpha value is -1.35.